The zero-order valence-electron chi connectivity index (χ0n) is 17.6. The van der Waals surface area contributed by atoms with Crippen LogP contribution >= 0.6 is 0 Å². The second-order valence-corrected chi connectivity index (χ2v) is 10.2. The van der Waals surface area contributed by atoms with Gasteiger partial charge in [-0.2, -0.15) is 13.2 Å². The SMILES string of the molecule is CC(C)C[C@H](C(=O)N1CCN(c2ccc(S(=O)(=O)C(F)(F)F)cc2)C[C@H]1C)[C@H](C)O. The first-order chi connectivity index (χ1) is 13.8. The number of anilines is 1. The Morgan fingerprint density at radius 2 is 1.73 bits per heavy atom. The predicted molar refractivity (Wildman–Crippen MR) is 108 cm³/mol. The average molecular weight is 451 g/mol. The van der Waals surface area contributed by atoms with E-state index in [-0.39, 0.29) is 17.9 Å². The van der Waals surface area contributed by atoms with Crippen LogP contribution in [0.3, 0.4) is 0 Å². The average Bonchev–Trinajstić information content (AvgIpc) is 2.64. The highest BCUT2D eigenvalue weighted by atomic mass is 32.2. The van der Waals surface area contributed by atoms with Gasteiger partial charge in [-0.15, -0.1) is 0 Å². The summed E-state index contributed by atoms with van der Waals surface area (Å²) >= 11 is 0. The van der Waals surface area contributed by atoms with Crippen LogP contribution in [0.25, 0.3) is 0 Å². The van der Waals surface area contributed by atoms with E-state index in [0.717, 1.165) is 12.1 Å². The summed E-state index contributed by atoms with van der Waals surface area (Å²) in [5, 5.41) is 10.0. The highest BCUT2D eigenvalue weighted by molar-refractivity contribution is 7.92. The zero-order valence-corrected chi connectivity index (χ0v) is 18.4. The number of hydrogen-bond donors (Lipinski definition) is 1. The van der Waals surface area contributed by atoms with Crippen LogP contribution in [0.15, 0.2) is 29.2 Å². The van der Waals surface area contributed by atoms with Gasteiger partial charge in [-0.05, 0) is 50.5 Å². The Kier molecular flexibility index (Phi) is 7.45. The molecule has 1 saturated heterocycles. The molecule has 0 aromatic heterocycles. The van der Waals surface area contributed by atoms with Gasteiger partial charge in [0.25, 0.3) is 9.84 Å². The van der Waals surface area contributed by atoms with Gasteiger partial charge in [0, 0.05) is 31.4 Å². The molecule has 1 aliphatic rings. The Bertz CT molecular complexity index is 839. The van der Waals surface area contributed by atoms with Crippen molar-refractivity contribution in [3.63, 3.8) is 0 Å². The van der Waals surface area contributed by atoms with E-state index in [1.54, 1.807) is 11.8 Å². The molecular weight excluding hydrogens is 421 g/mol. The number of nitrogens with zero attached hydrogens (tertiary/aromatic N) is 2. The van der Waals surface area contributed by atoms with Crippen LogP contribution in [0.5, 0.6) is 0 Å². The van der Waals surface area contributed by atoms with Gasteiger partial charge in [-0.1, -0.05) is 13.8 Å². The largest absolute Gasteiger partial charge is 0.501 e. The summed E-state index contributed by atoms with van der Waals surface area (Å²) in [6.45, 7) is 8.79. The minimum absolute atomic E-state index is 0.0996. The van der Waals surface area contributed by atoms with Gasteiger partial charge >= 0.3 is 5.51 Å². The standard InChI is InChI=1S/C20H29F3N2O4S/c1-13(2)11-18(15(4)26)19(27)25-10-9-24(12-14(25)3)16-5-7-17(8-6-16)30(28,29)20(21,22)23/h5-8,13-15,18,26H,9-12H2,1-4H3/t14-,15+,18+/m1/s1. The molecule has 170 valence electrons. The normalized spacial score (nSPS) is 20.4. The molecule has 1 aromatic carbocycles. The first kappa shape index (κ1) is 24.5. The molecule has 0 spiro atoms. The van der Waals surface area contributed by atoms with Crippen LogP contribution in [0.1, 0.15) is 34.1 Å². The van der Waals surface area contributed by atoms with E-state index in [9.17, 15) is 31.5 Å². The van der Waals surface area contributed by atoms with Gasteiger partial charge in [0.15, 0.2) is 0 Å². The lowest BCUT2D eigenvalue weighted by molar-refractivity contribution is -0.142. The number of amides is 1. The van der Waals surface area contributed by atoms with Gasteiger partial charge in [0.2, 0.25) is 5.91 Å². The topological polar surface area (TPSA) is 77.9 Å². The van der Waals surface area contributed by atoms with Crippen molar-refractivity contribution in [1.29, 1.82) is 0 Å². The van der Waals surface area contributed by atoms with E-state index in [1.165, 1.54) is 12.1 Å². The fraction of sp³-hybridized carbons (Fsp3) is 0.650. The molecule has 0 unspecified atom stereocenters. The van der Waals surface area contributed by atoms with Crippen LogP contribution in [-0.2, 0) is 14.6 Å². The van der Waals surface area contributed by atoms with Gasteiger partial charge in [-0.3, -0.25) is 4.79 Å². The molecule has 0 saturated carbocycles. The van der Waals surface area contributed by atoms with Crippen molar-refractivity contribution >= 4 is 21.4 Å². The van der Waals surface area contributed by atoms with Crippen molar-refractivity contribution in [1.82, 2.24) is 4.90 Å². The lowest BCUT2D eigenvalue weighted by Gasteiger charge is -2.42. The molecule has 30 heavy (non-hydrogen) atoms. The Morgan fingerprint density at radius 1 is 1.17 bits per heavy atom. The van der Waals surface area contributed by atoms with E-state index in [4.69, 9.17) is 0 Å². The van der Waals surface area contributed by atoms with Crippen LogP contribution in [0, 0.1) is 11.8 Å². The molecule has 2 rings (SSSR count). The number of carbonyl (C=O) groups excluding carboxylic acids is 1. The second-order valence-electron chi connectivity index (χ2n) is 8.25. The molecular formula is C20H29F3N2O4S. The molecule has 1 heterocycles. The minimum atomic E-state index is -5.38. The van der Waals surface area contributed by atoms with Gasteiger partial charge in [0.05, 0.1) is 16.9 Å². The highest BCUT2D eigenvalue weighted by Crippen LogP contribution is 2.31. The number of aliphatic hydroxyl groups is 1. The van der Waals surface area contributed by atoms with E-state index >= 15 is 0 Å². The molecule has 1 aliphatic heterocycles. The first-order valence-corrected chi connectivity index (χ1v) is 11.4. The highest BCUT2D eigenvalue weighted by Gasteiger charge is 2.46. The summed E-state index contributed by atoms with van der Waals surface area (Å²) in [5.41, 5.74) is -4.75. The minimum Gasteiger partial charge on any atom is -0.393 e. The lowest BCUT2D eigenvalue weighted by Crippen LogP contribution is -2.56. The van der Waals surface area contributed by atoms with Crippen LogP contribution in [0.2, 0.25) is 0 Å². The number of sulfone groups is 1. The maximum atomic E-state index is 13.0. The molecule has 1 aromatic rings. The molecule has 6 nitrogen and oxygen atoms in total. The third-order valence-electron chi connectivity index (χ3n) is 5.35. The molecule has 1 fully saturated rings. The summed E-state index contributed by atoms with van der Waals surface area (Å²) in [7, 11) is -5.38. The van der Waals surface area contributed by atoms with Gasteiger partial charge < -0.3 is 14.9 Å². The van der Waals surface area contributed by atoms with Crippen molar-refractivity contribution in [2.45, 2.75) is 56.7 Å². The number of aliphatic hydroxyl groups excluding tert-OH is 1. The fourth-order valence-electron chi connectivity index (χ4n) is 3.71. The summed E-state index contributed by atoms with van der Waals surface area (Å²) in [6, 6.07) is 4.43. The van der Waals surface area contributed by atoms with E-state index < -0.39 is 32.3 Å². The number of rotatable bonds is 6. The van der Waals surface area contributed by atoms with Crippen molar-refractivity contribution in [2.75, 3.05) is 24.5 Å². The second kappa shape index (κ2) is 9.13. The quantitative estimate of drug-likeness (QED) is 0.721. The van der Waals surface area contributed by atoms with Crippen molar-refractivity contribution in [2.24, 2.45) is 11.8 Å². The lowest BCUT2D eigenvalue weighted by atomic mass is 9.90. The van der Waals surface area contributed by atoms with E-state index in [1.807, 2.05) is 25.7 Å². The van der Waals surface area contributed by atoms with Gasteiger partial charge in [-0.25, -0.2) is 8.42 Å². The van der Waals surface area contributed by atoms with Crippen molar-refractivity contribution in [3.8, 4) is 0 Å². The summed E-state index contributed by atoms with van der Waals surface area (Å²) < 4.78 is 61.1. The Morgan fingerprint density at radius 3 is 2.17 bits per heavy atom. The Balaban J connectivity index is 2.11. The van der Waals surface area contributed by atoms with Crippen LogP contribution < -0.4 is 4.90 Å². The number of carbonyl (C=O) groups is 1. The predicted octanol–water partition coefficient (Wildman–Crippen LogP) is 3.06. The number of piperazine rings is 1. The molecule has 1 N–H and O–H groups in total. The molecule has 3 atom stereocenters. The van der Waals surface area contributed by atoms with Crippen LogP contribution in [0.4, 0.5) is 18.9 Å². The molecule has 0 bridgehead atoms. The first-order valence-electron chi connectivity index (χ1n) is 9.90. The molecule has 10 heteroatoms. The molecule has 0 aliphatic carbocycles. The fourth-order valence-corrected chi connectivity index (χ4v) is 4.48. The third-order valence-corrected chi connectivity index (χ3v) is 6.85. The summed E-state index contributed by atoms with van der Waals surface area (Å²) in [5.74, 6) is -0.319. The monoisotopic (exact) mass is 450 g/mol. The molecule has 1 amide bonds. The van der Waals surface area contributed by atoms with Crippen molar-refractivity contribution < 1.29 is 31.5 Å². The Labute approximate surface area is 175 Å². The summed E-state index contributed by atoms with van der Waals surface area (Å²) in [6.07, 6.45) is -0.174. The number of benzene rings is 1. The van der Waals surface area contributed by atoms with Crippen LogP contribution in [-0.4, -0.2) is 61.6 Å². The van der Waals surface area contributed by atoms with Crippen molar-refractivity contribution in [3.05, 3.63) is 24.3 Å². The van der Waals surface area contributed by atoms with E-state index in [2.05, 4.69) is 0 Å². The number of alkyl halides is 3. The maximum absolute atomic E-state index is 13.0. The molecule has 0 radical (unpaired) electrons. The van der Waals surface area contributed by atoms with Gasteiger partial charge in [0.1, 0.15) is 0 Å². The maximum Gasteiger partial charge on any atom is 0.501 e. The summed E-state index contributed by atoms with van der Waals surface area (Å²) in [4.78, 5) is 15.8. The zero-order chi connectivity index (χ0) is 22.9. The van der Waals surface area contributed by atoms with E-state index in [0.29, 0.717) is 31.7 Å². The third kappa shape index (κ3) is 5.26. The number of halogens is 3. The Hall–Kier alpha value is -1.81. The number of hydrogen-bond acceptors (Lipinski definition) is 5. The smallest absolute Gasteiger partial charge is 0.393 e.